The van der Waals surface area contributed by atoms with Crippen LogP contribution in [-0.2, 0) is 35.9 Å². The van der Waals surface area contributed by atoms with Crippen molar-refractivity contribution in [3.63, 3.8) is 0 Å². The third-order valence-electron chi connectivity index (χ3n) is 6.98. The zero-order valence-corrected chi connectivity index (χ0v) is 23.9. The first-order valence-corrected chi connectivity index (χ1v) is 16.3. The first-order valence-electron chi connectivity index (χ1n) is 13.0. The first kappa shape index (κ1) is 31.4. The van der Waals surface area contributed by atoms with E-state index in [1.54, 1.807) is 30.5 Å². The number of H-pyrrole nitrogens is 1. The van der Waals surface area contributed by atoms with Crippen LogP contribution in [0.25, 0.3) is 22.2 Å². The summed E-state index contributed by atoms with van der Waals surface area (Å²) < 4.78 is 83.2. The van der Waals surface area contributed by atoms with Crippen LogP contribution in [0.2, 0.25) is 0 Å². The summed E-state index contributed by atoms with van der Waals surface area (Å²) >= 11 is 0. The molecule has 3 aromatic rings. The fourth-order valence-corrected chi connectivity index (χ4v) is 7.57. The number of pyridine rings is 1. The average Bonchev–Trinajstić information content (AvgIpc) is 3.60. The Morgan fingerprint density at radius 1 is 1.07 bits per heavy atom. The molecule has 0 bridgehead atoms. The number of carbonyl (C=O) groups is 2. The molecule has 2 aliphatic rings. The van der Waals surface area contributed by atoms with E-state index in [1.165, 1.54) is 0 Å². The number of hydrogen-bond acceptors (Lipinski definition) is 7. The van der Waals surface area contributed by atoms with Gasteiger partial charge in [-0.1, -0.05) is 12.1 Å². The maximum atomic E-state index is 12.8. The van der Waals surface area contributed by atoms with E-state index < -0.39 is 32.0 Å². The number of aromatic amines is 1. The summed E-state index contributed by atoms with van der Waals surface area (Å²) in [6, 6.07) is 10.0. The molecular weight excluding hydrogens is 601 g/mol. The van der Waals surface area contributed by atoms with Crippen molar-refractivity contribution in [3.05, 3.63) is 48.3 Å². The van der Waals surface area contributed by atoms with Crippen molar-refractivity contribution in [1.29, 1.82) is 0 Å². The first-order chi connectivity index (χ1) is 19.6. The van der Waals surface area contributed by atoms with Crippen molar-refractivity contribution in [2.75, 3.05) is 24.6 Å². The van der Waals surface area contributed by atoms with E-state index in [2.05, 4.69) is 14.7 Å². The summed E-state index contributed by atoms with van der Waals surface area (Å²) in [5.74, 6) is -2.65. The summed E-state index contributed by atoms with van der Waals surface area (Å²) in [6.07, 6.45) is -0.442. The van der Waals surface area contributed by atoms with Crippen LogP contribution in [-0.4, -0.2) is 85.5 Å². The molecule has 0 aliphatic carbocycles. The number of benzene rings is 1. The number of sulfonamides is 1. The predicted molar refractivity (Wildman–Crippen MR) is 147 cm³/mol. The molecule has 42 heavy (non-hydrogen) atoms. The minimum absolute atomic E-state index is 0.000548. The van der Waals surface area contributed by atoms with E-state index >= 15 is 0 Å². The number of halogens is 3. The van der Waals surface area contributed by atoms with E-state index in [0.717, 1.165) is 48.1 Å². The number of nitrogens with zero attached hydrogens (tertiary/aromatic N) is 2. The SMILES string of the molecule is O=C(Cc1cc2c(-c3ccc(S(=O)(=O)NC4CCS(=O)(=O)CC4)cc3)ccnc2[nH]1)N1CCCC1.O=C(O)C(F)(F)F. The van der Waals surface area contributed by atoms with Crippen LogP contribution in [0.3, 0.4) is 0 Å². The van der Waals surface area contributed by atoms with Gasteiger partial charge in [0.25, 0.3) is 0 Å². The highest BCUT2D eigenvalue weighted by Gasteiger charge is 2.38. The van der Waals surface area contributed by atoms with Gasteiger partial charge in [-0.25, -0.2) is 31.3 Å². The van der Waals surface area contributed by atoms with Gasteiger partial charge in [0.1, 0.15) is 15.5 Å². The van der Waals surface area contributed by atoms with Gasteiger partial charge in [0, 0.05) is 36.4 Å². The van der Waals surface area contributed by atoms with E-state index in [9.17, 15) is 34.8 Å². The van der Waals surface area contributed by atoms with Crippen LogP contribution >= 0.6 is 0 Å². The monoisotopic (exact) mass is 630 g/mol. The summed E-state index contributed by atoms with van der Waals surface area (Å²) in [6.45, 7) is 1.62. The summed E-state index contributed by atoms with van der Waals surface area (Å²) in [7, 11) is -6.82. The molecule has 0 atom stereocenters. The topological polar surface area (TPSA) is 167 Å². The maximum Gasteiger partial charge on any atom is 0.490 e. The van der Waals surface area contributed by atoms with Gasteiger partial charge >= 0.3 is 12.1 Å². The van der Waals surface area contributed by atoms with Gasteiger partial charge in [-0.15, -0.1) is 0 Å². The molecule has 3 N–H and O–H groups in total. The predicted octanol–water partition coefficient (Wildman–Crippen LogP) is 2.88. The Morgan fingerprint density at radius 2 is 1.67 bits per heavy atom. The van der Waals surface area contributed by atoms with Crippen LogP contribution in [0, 0.1) is 0 Å². The summed E-state index contributed by atoms with van der Waals surface area (Å²) in [5.41, 5.74) is 3.20. The van der Waals surface area contributed by atoms with E-state index in [-0.39, 0.29) is 41.2 Å². The van der Waals surface area contributed by atoms with Gasteiger partial charge < -0.3 is 15.0 Å². The molecule has 4 heterocycles. The molecule has 16 heteroatoms. The smallest absolute Gasteiger partial charge is 0.475 e. The van der Waals surface area contributed by atoms with Crippen molar-refractivity contribution < 1.29 is 44.7 Å². The molecule has 228 valence electrons. The van der Waals surface area contributed by atoms with Crippen molar-refractivity contribution in [2.45, 2.75) is 49.2 Å². The lowest BCUT2D eigenvalue weighted by molar-refractivity contribution is -0.192. The van der Waals surface area contributed by atoms with Gasteiger partial charge in [-0.3, -0.25) is 4.79 Å². The van der Waals surface area contributed by atoms with Gasteiger partial charge in [-0.05, 0) is 61.1 Å². The molecule has 0 spiro atoms. The van der Waals surface area contributed by atoms with Crippen LogP contribution in [0.5, 0.6) is 0 Å². The Hall–Kier alpha value is -3.50. The van der Waals surface area contributed by atoms with Gasteiger partial charge in [0.2, 0.25) is 15.9 Å². The molecule has 2 aliphatic heterocycles. The second kappa shape index (κ2) is 12.4. The van der Waals surface area contributed by atoms with E-state index in [0.29, 0.717) is 12.1 Å². The minimum atomic E-state index is -5.08. The van der Waals surface area contributed by atoms with Crippen LogP contribution in [0.4, 0.5) is 13.2 Å². The normalized spacial score (nSPS) is 17.5. The summed E-state index contributed by atoms with van der Waals surface area (Å²) in [4.78, 5) is 31.1. The Kier molecular flexibility index (Phi) is 9.27. The number of carboxylic acids is 1. The number of alkyl halides is 3. The third kappa shape index (κ3) is 7.86. The lowest BCUT2D eigenvalue weighted by Crippen LogP contribution is -2.40. The number of nitrogens with one attached hydrogen (secondary N) is 2. The zero-order chi connectivity index (χ0) is 30.7. The Labute approximate surface area is 240 Å². The number of aliphatic carboxylic acids is 1. The highest BCUT2D eigenvalue weighted by molar-refractivity contribution is 7.91. The highest BCUT2D eigenvalue weighted by Crippen LogP contribution is 2.29. The second-order valence-corrected chi connectivity index (χ2v) is 14.1. The number of likely N-dealkylation sites (tertiary alicyclic amines) is 1. The number of fused-ring (bicyclic) bond motifs is 1. The van der Waals surface area contributed by atoms with Crippen molar-refractivity contribution in [3.8, 4) is 11.1 Å². The number of amides is 1. The molecule has 2 saturated heterocycles. The summed E-state index contributed by atoms with van der Waals surface area (Å²) in [5, 5.41) is 7.99. The molecule has 5 rings (SSSR count). The van der Waals surface area contributed by atoms with Crippen LogP contribution < -0.4 is 4.72 Å². The number of carbonyl (C=O) groups excluding carboxylic acids is 1. The standard InChI is InChI=1S/C24H28N4O5S2.C2HF3O2/c29-23(28-11-1-2-12-28)16-19-15-22-21(7-10-25-24(22)26-19)17-3-5-20(6-4-17)35(32,33)27-18-8-13-34(30,31)14-9-18;3-2(4,5)1(6)7/h3-7,10,15,18,27H,1-2,8-9,11-14,16H2,(H,25,26);(H,6,7). The van der Waals surface area contributed by atoms with Crippen molar-refractivity contribution >= 4 is 42.8 Å². The van der Waals surface area contributed by atoms with Gasteiger partial charge in [0.05, 0.1) is 22.8 Å². The number of carboxylic acid groups (broad SMARTS) is 1. The Bertz CT molecular complexity index is 1650. The van der Waals surface area contributed by atoms with Gasteiger partial charge in [0.15, 0.2) is 0 Å². The fourth-order valence-electron chi connectivity index (χ4n) is 4.78. The number of hydrogen-bond donors (Lipinski definition) is 3. The molecule has 2 aromatic heterocycles. The lowest BCUT2D eigenvalue weighted by Gasteiger charge is -2.22. The van der Waals surface area contributed by atoms with Crippen LogP contribution in [0.1, 0.15) is 31.4 Å². The fraction of sp³-hybridized carbons (Fsp3) is 0.423. The van der Waals surface area contributed by atoms with Crippen molar-refractivity contribution in [1.82, 2.24) is 19.6 Å². The Morgan fingerprint density at radius 3 is 2.24 bits per heavy atom. The zero-order valence-electron chi connectivity index (χ0n) is 22.2. The molecule has 0 radical (unpaired) electrons. The molecule has 2 fully saturated rings. The molecule has 1 aromatic carbocycles. The maximum absolute atomic E-state index is 12.8. The molecule has 0 saturated carbocycles. The van der Waals surface area contributed by atoms with Gasteiger partial charge in [-0.2, -0.15) is 13.2 Å². The van der Waals surface area contributed by atoms with Crippen molar-refractivity contribution in [2.24, 2.45) is 0 Å². The van der Waals surface area contributed by atoms with E-state index in [1.807, 2.05) is 17.0 Å². The highest BCUT2D eigenvalue weighted by atomic mass is 32.2. The largest absolute Gasteiger partial charge is 0.490 e. The quantitative estimate of drug-likeness (QED) is 0.374. The Balaban J connectivity index is 0.000000517. The van der Waals surface area contributed by atoms with Crippen LogP contribution in [0.15, 0.2) is 47.5 Å². The third-order valence-corrected chi connectivity index (χ3v) is 10.2. The average molecular weight is 631 g/mol. The molecule has 11 nitrogen and oxygen atoms in total. The molecule has 0 unspecified atom stereocenters. The second-order valence-electron chi connectivity index (χ2n) is 10.1. The molecule has 1 amide bonds. The molecular formula is C26H29F3N4O7S2. The lowest BCUT2D eigenvalue weighted by atomic mass is 10.0. The number of rotatable bonds is 6. The van der Waals surface area contributed by atoms with E-state index in [4.69, 9.17) is 9.90 Å². The number of sulfone groups is 1. The number of aromatic nitrogens is 2. The minimum Gasteiger partial charge on any atom is -0.475 e.